The van der Waals surface area contributed by atoms with Crippen LogP contribution in [0.4, 0.5) is 0 Å². The third-order valence-corrected chi connectivity index (χ3v) is 4.64. The van der Waals surface area contributed by atoms with Crippen molar-refractivity contribution < 1.29 is 5.11 Å². The Balaban J connectivity index is 1.53. The lowest BCUT2D eigenvalue weighted by molar-refractivity contribution is 0.0289. The van der Waals surface area contributed by atoms with Crippen LogP contribution in [0.2, 0.25) is 0 Å². The normalized spacial score (nSPS) is 36.2. The monoisotopic (exact) mass is 249 g/mol. The first-order valence-corrected chi connectivity index (χ1v) is 7.02. The number of fused-ring (bicyclic) bond motifs is 2. The molecule has 1 saturated carbocycles. The van der Waals surface area contributed by atoms with E-state index in [0.29, 0.717) is 18.1 Å². The summed E-state index contributed by atoms with van der Waals surface area (Å²) < 4.78 is 2.00. The van der Waals surface area contributed by atoms with Crippen molar-refractivity contribution in [3.05, 3.63) is 5.82 Å². The van der Waals surface area contributed by atoms with E-state index in [0.717, 1.165) is 25.2 Å². The Morgan fingerprint density at radius 2 is 1.72 bits per heavy atom. The van der Waals surface area contributed by atoms with Gasteiger partial charge in [0.15, 0.2) is 5.82 Å². The minimum absolute atomic E-state index is 0.0989. The lowest BCUT2D eigenvalue weighted by Gasteiger charge is -2.36. The Morgan fingerprint density at radius 1 is 1.06 bits per heavy atom. The molecule has 3 heterocycles. The van der Waals surface area contributed by atoms with E-state index in [4.69, 9.17) is 0 Å². The maximum atomic E-state index is 9.81. The Kier molecular flexibility index (Phi) is 2.41. The van der Waals surface area contributed by atoms with Crippen LogP contribution in [-0.4, -0.2) is 48.4 Å². The van der Waals surface area contributed by atoms with Gasteiger partial charge in [-0.1, -0.05) is 0 Å². The number of aromatic nitrogens is 4. The molecule has 2 atom stereocenters. The molecule has 3 fully saturated rings. The number of aliphatic hydroxyl groups is 1. The molecule has 3 aliphatic rings. The summed E-state index contributed by atoms with van der Waals surface area (Å²) in [4.78, 5) is 2.51. The molecule has 0 radical (unpaired) electrons. The highest BCUT2D eigenvalue weighted by Crippen LogP contribution is 2.38. The molecular formula is C12H19N5O. The van der Waals surface area contributed by atoms with Gasteiger partial charge >= 0.3 is 0 Å². The summed E-state index contributed by atoms with van der Waals surface area (Å²) in [5, 5.41) is 21.9. The van der Waals surface area contributed by atoms with Gasteiger partial charge in [0.25, 0.3) is 0 Å². The molecule has 1 aliphatic carbocycles. The second kappa shape index (κ2) is 3.99. The van der Waals surface area contributed by atoms with E-state index in [1.807, 2.05) is 4.68 Å². The highest BCUT2D eigenvalue weighted by molar-refractivity contribution is 4.99. The van der Waals surface area contributed by atoms with Crippen LogP contribution in [-0.2, 0) is 6.54 Å². The first-order chi connectivity index (χ1) is 8.81. The van der Waals surface area contributed by atoms with Crippen LogP contribution in [0.3, 0.4) is 0 Å². The number of rotatable bonds is 3. The van der Waals surface area contributed by atoms with Gasteiger partial charge in [-0.2, -0.15) is 0 Å². The van der Waals surface area contributed by atoms with E-state index in [2.05, 4.69) is 20.4 Å². The molecule has 98 valence electrons. The summed E-state index contributed by atoms with van der Waals surface area (Å²) in [7, 11) is 0. The lowest BCUT2D eigenvalue weighted by Crippen LogP contribution is -2.44. The van der Waals surface area contributed by atoms with Crippen molar-refractivity contribution in [3.8, 4) is 0 Å². The Hall–Kier alpha value is -1.01. The number of tetrazole rings is 1. The van der Waals surface area contributed by atoms with Gasteiger partial charge in [-0.15, -0.1) is 5.10 Å². The van der Waals surface area contributed by atoms with Crippen molar-refractivity contribution in [2.24, 2.45) is 0 Å². The fraction of sp³-hybridized carbons (Fsp3) is 0.917. The van der Waals surface area contributed by atoms with E-state index in [1.54, 1.807) is 0 Å². The lowest BCUT2D eigenvalue weighted by atomic mass is 10.00. The van der Waals surface area contributed by atoms with Crippen molar-refractivity contribution in [1.29, 1.82) is 0 Å². The first kappa shape index (κ1) is 10.9. The zero-order chi connectivity index (χ0) is 12.1. The van der Waals surface area contributed by atoms with E-state index in [-0.39, 0.29) is 6.10 Å². The Morgan fingerprint density at radius 3 is 2.39 bits per heavy atom. The average Bonchev–Trinajstić information content (AvgIpc) is 3.05. The van der Waals surface area contributed by atoms with Crippen LogP contribution in [0, 0.1) is 0 Å². The summed E-state index contributed by atoms with van der Waals surface area (Å²) >= 11 is 0. The molecule has 2 saturated heterocycles. The second-order valence-corrected chi connectivity index (χ2v) is 5.95. The quantitative estimate of drug-likeness (QED) is 0.844. The van der Waals surface area contributed by atoms with E-state index in [9.17, 15) is 5.11 Å². The van der Waals surface area contributed by atoms with Gasteiger partial charge in [-0.25, -0.2) is 4.68 Å². The van der Waals surface area contributed by atoms with Gasteiger partial charge in [0.2, 0.25) is 0 Å². The summed E-state index contributed by atoms with van der Waals surface area (Å²) in [6, 6.07) is 1.61. The molecule has 2 bridgehead atoms. The minimum Gasteiger partial charge on any atom is -0.393 e. The molecule has 6 nitrogen and oxygen atoms in total. The predicted octanol–water partition coefficient (Wildman–Crippen LogP) is 0.496. The summed E-state index contributed by atoms with van der Waals surface area (Å²) in [6.07, 6.45) is 6.59. The van der Waals surface area contributed by atoms with Crippen molar-refractivity contribution >= 4 is 0 Å². The summed E-state index contributed by atoms with van der Waals surface area (Å²) in [6.45, 7) is 0.853. The van der Waals surface area contributed by atoms with Crippen LogP contribution in [0.5, 0.6) is 0 Å². The van der Waals surface area contributed by atoms with Gasteiger partial charge in [0.05, 0.1) is 18.7 Å². The second-order valence-electron chi connectivity index (χ2n) is 5.95. The molecule has 0 amide bonds. The standard InChI is InChI=1S/C12H19N5O/c18-11-5-9-3-4-10(6-11)16(9)7-12-13-14-15-17(12)8-1-2-8/h8-11,18H,1-7H2. The third-order valence-electron chi connectivity index (χ3n) is 4.64. The molecule has 2 unspecified atom stereocenters. The Labute approximate surface area is 106 Å². The van der Waals surface area contributed by atoms with Crippen molar-refractivity contribution in [2.45, 2.75) is 69.3 Å². The number of hydrogen-bond acceptors (Lipinski definition) is 5. The highest BCUT2D eigenvalue weighted by atomic mass is 16.3. The highest BCUT2D eigenvalue weighted by Gasteiger charge is 2.41. The number of aliphatic hydroxyl groups excluding tert-OH is 1. The van der Waals surface area contributed by atoms with Gasteiger partial charge in [-0.3, -0.25) is 4.90 Å². The van der Waals surface area contributed by atoms with E-state index >= 15 is 0 Å². The molecule has 1 aromatic heterocycles. The molecular weight excluding hydrogens is 230 g/mol. The van der Waals surface area contributed by atoms with Crippen LogP contribution in [0.15, 0.2) is 0 Å². The molecule has 1 N–H and O–H groups in total. The van der Waals surface area contributed by atoms with Gasteiger partial charge < -0.3 is 5.11 Å². The smallest absolute Gasteiger partial charge is 0.165 e. The fourth-order valence-corrected chi connectivity index (χ4v) is 3.59. The molecule has 6 heteroatoms. The van der Waals surface area contributed by atoms with Gasteiger partial charge in [-0.05, 0) is 49.0 Å². The number of hydrogen-bond donors (Lipinski definition) is 1. The molecule has 1 aromatic rings. The zero-order valence-corrected chi connectivity index (χ0v) is 10.4. The maximum absolute atomic E-state index is 9.81. The first-order valence-electron chi connectivity index (χ1n) is 7.02. The average molecular weight is 249 g/mol. The maximum Gasteiger partial charge on any atom is 0.165 e. The topological polar surface area (TPSA) is 67.1 Å². The van der Waals surface area contributed by atoms with Crippen molar-refractivity contribution in [1.82, 2.24) is 25.1 Å². The van der Waals surface area contributed by atoms with Crippen molar-refractivity contribution in [3.63, 3.8) is 0 Å². The summed E-state index contributed by atoms with van der Waals surface area (Å²) in [5.74, 6) is 1.01. The zero-order valence-electron chi connectivity index (χ0n) is 10.4. The van der Waals surface area contributed by atoms with E-state index < -0.39 is 0 Å². The third kappa shape index (κ3) is 1.75. The molecule has 2 aliphatic heterocycles. The van der Waals surface area contributed by atoms with Crippen LogP contribution in [0.25, 0.3) is 0 Å². The van der Waals surface area contributed by atoms with Gasteiger partial charge in [0.1, 0.15) is 0 Å². The Bertz CT molecular complexity index is 429. The van der Waals surface area contributed by atoms with Crippen LogP contribution >= 0.6 is 0 Å². The predicted molar refractivity (Wildman–Crippen MR) is 63.7 cm³/mol. The molecule has 0 spiro atoms. The number of nitrogens with zero attached hydrogens (tertiary/aromatic N) is 5. The molecule has 18 heavy (non-hydrogen) atoms. The number of piperidine rings is 1. The largest absolute Gasteiger partial charge is 0.393 e. The SMILES string of the molecule is OC1CC2CCC(C1)N2Cc1nnnn1C1CC1. The minimum atomic E-state index is -0.0989. The van der Waals surface area contributed by atoms with Crippen molar-refractivity contribution in [2.75, 3.05) is 0 Å². The summed E-state index contributed by atoms with van der Waals surface area (Å²) in [5.41, 5.74) is 0. The fourth-order valence-electron chi connectivity index (χ4n) is 3.59. The van der Waals surface area contributed by atoms with Gasteiger partial charge in [0, 0.05) is 12.1 Å². The van der Waals surface area contributed by atoms with Crippen LogP contribution in [0.1, 0.15) is 50.4 Å². The molecule has 4 rings (SSSR count). The molecule has 0 aromatic carbocycles. The van der Waals surface area contributed by atoms with E-state index in [1.165, 1.54) is 25.7 Å². The van der Waals surface area contributed by atoms with Crippen LogP contribution < -0.4 is 0 Å².